The van der Waals surface area contributed by atoms with Crippen molar-refractivity contribution in [3.8, 4) is 5.75 Å². The minimum Gasteiger partial charge on any atom is -0.495 e. The largest absolute Gasteiger partial charge is 0.495 e. The van der Waals surface area contributed by atoms with E-state index in [0.29, 0.717) is 28.5 Å². The Bertz CT molecular complexity index is 1510. The lowest BCUT2D eigenvalue weighted by atomic mass is 9.85. The van der Waals surface area contributed by atoms with Crippen LogP contribution in [-0.2, 0) is 28.8 Å². The number of ketones is 1. The normalized spacial score (nSPS) is 21.8. The van der Waals surface area contributed by atoms with Crippen LogP contribution in [0.2, 0.25) is 5.02 Å². The molecule has 2 heterocycles. The van der Waals surface area contributed by atoms with Gasteiger partial charge in [-0.15, -0.1) is 0 Å². The van der Waals surface area contributed by atoms with E-state index in [1.54, 1.807) is 47.6 Å². The molecule has 3 N–H and O–H groups in total. The summed E-state index contributed by atoms with van der Waals surface area (Å²) in [6, 6.07) is 0.285. The number of aryl methyl sites for hydroxylation is 1. The highest BCUT2D eigenvalue weighted by Gasteiger charge is 2.56. The van der Waals surface area contributed by atoms with Gasteiger partial charge in [0.1, 0.15) is 23.4 Å². The monoisotopic (exact) mass is 717 g/mol. The predicted octanol–water partition coefficient (Wildman–Crippen LogP) is 4.58. The lowest BCUT2D eigenvalue weighted by Crippen LogP contribution is -2.59. The summed E-state index contributed by atoms with van der Waals surface area (Å²) in [5.74, 6) is -2.05. The van der Waals surface area contributed by atoms with Gasteiger partial charge < -0.3 is 35.2 Å². The van der Waals surface area contributed by atoms with E-state index in [9.17, 15) is 24.0 Å². The van der Waals surface area contributed by atoms with Gasteiger partial charge in [0.2, 0.25) is 17.6 Å². The van der Waals surface area contributed by atoms with Crippen molar-refractivity contribution < 1.29 is 38.3 Å². The summed E-state index contributed by atoms with van der Waals surface area (Å²) >= 11 is 6.49. The van der Waals surface area contributed by atoms with E-state index in [4.69, 9.17) is 25.9 Å². The number of nitrogens with one attached hydrogen (secondary N) is 3. The van der Waals surface area contributed by atoms with Crippen LogP contribution in [0.4, 0.5) is 4.79 Å². The smallest absolute Gasteiger partial charge is 0.408 e. The SMILES string of the molecule is CCC[C@H](NC(=O)[C@@H]1C[C@]2(CC(c3cc(C)c(OC)c(Cl)c3)=NO2)CN1C(=O)[C@@H](NC(=O)OC(C)(C)C)C(C)(C)C)C(=O)C(=O)NC1CCC1. The standard InChI is InChI=1S/C36H52ClN5O8/c1-10-12-24(27(43)31(45)38-22-13-11-14-22)39-30(44)26-18-36(17-25(41-50-36)21-15-20(2)28(48-9)23(37)16-21)19-42(26)32(46)29(34(3,4)5)40-33(47)49-35(6,7)8/h15-16,22,24,26,29H,10-14,17-19H2,1-9H3,(H,38,45)(H,39,44)(H,40,47)/t24-,26-,29+,36+/m0/s1. The summed E-state index contributed by atoms with van der Waals surface area (Å²) < 4.78 is 10.9. The van der Waals surface area contributed by atoms with Gasteiger partial charge in [-0.2, -0.15) is 0 Å². The molecule has 1 saturated heterocycles. The van der Waals surface area contributed by atoms with Gasteiger partial charge in [0, 0.05) is 24.4 Å². The van der Waals surface area contributed by atoms with E-state index >= 15 is 0 Å². The van der Waals surface area contributed by atoms with E-state index in [-0.39, 0.29) is 31.8 Å². The van der Waals surface area contributed by atoms with Gasteiger partial charge in [-0.3, -0.25) is 19.2 Å². The van der Waals surface area contributed by atoms with Crippen LogP contribution in [0.15, 0.2) is 17.3 Å². The minimum atomic E-state index is -1.11. The zero-order valence-corrected chi connectivity index (χ0v) is 31.4. The van der Waals surface area contributed by atoms with E-state index < -0.39 is 64.3 Å². The van der Waals surface area contributed by atoms with Gasteiger partial charge in [0.05, 0.1) is 30.4 Å². The number of hydrogen-bond donors (Lipinski definition) is 3. The maximum Gasteiger partial charge on any atom is 0.408 e. The van der Waals surface area contributed by atoms with Crippen LogP contribution >= 0.6 is 11.6 Å². The molecule has 2 aliphatic heterocycles. The number of carbonyl (C=O) groups excluding carboxylic acids is 5. The maximum absolute atomic E-state index is 14.5. The number of alkyl carbamates (subject to hydrolysis) is 1. The number of rotatable bonds is 11. The molecule has 2 fully saturated rings. The minimum absolute atomic E-state index is 0.0308. The summed E-state index contributed by atoms with van der Waals surface area (Å²) in [5, 5.41) is 13.0. The van der Waals surface area contributed by atoms with E-state index in [0.717, 1.165) is 24.8 Å². The lowest BCUT2D eigenvalue weighted by Gasteiger charge is -2.36. The van der Waals surface area contributed by atoms with Crippen molar-refractivity contribution in [2.45, 2.75) is 136 Å². The molecule has 3 aliphatic rings. The van der Waals surface area contributed by atoms with Crippen LogP contribution < -0.4 is 20.7 Å². The average molecular weight is 718 g/mol. The molecule has 0 aromatic heterocycles. The van der Waals surface area contributed by atoms with Gasteiger partial charge in [-0.05, 0) is 76.5 Å². The first-order chi connectivity index (χ1) is 23.3. The molecule has 4 rings (SSSR count). The molecule has 4 atom stereocenters. The van der Waals surface area contributed by atoms with Crippen LogP contribution in [0.1, 0.15) is 105 Å². The first-order valence-electron chi connectivity index (χ1n) is 17.3. The summed E-state index contributed by atoms with van der Waals surface area (Å²) in [4.78, 5) is 75.2. The molecule has 14 heteroatoms. The summed E-state index contributed by atoms with van der Waals surface area (Å²) in [7, 11) is 1.54. The van der Waals surface area contributed by atoms with Crippen molar-refractivity contribution in [1.82, 2.24) is 20.9 Å². The Morgan fingerprint density at radius 3 is 2.32 bits per heavy atom. The first kappa shape index (κ1) is 38.9. The molecular weight excluding hydrogens is 666 g/mol. The second-order valence-electron chi connectivity index (χ2n) is 15.7. The van der Waals surface area contributed by atoms with Gasteiger partial charge in [0.15, 0.2) is 5.60 Å². The third-order valence-corrected chi connectivity index (χ3v) is 9.52. The van der Waals surface area contributed by atoms with Gasteiger partial charge in [0.25, 0.3) is 5.91 Å². The summed E-state index contributed by atoms with van der Waals surface area (Å²) in [6.45, 7) is 14.2. The lowest BCUT2D eigenvalue weighted by molar-refractivity contribution is -0.144. The number of methoxy groups -OCH3 is 1. The first-order valence-corrected chi connectivity index (χ1v) is 17.7. The number of benzene rings is 1. The molecule has 1 saturated carbocycles. The number of oxime groups is 1. The average Bonchev–Trinajstić information content (AvgIpc) is 3.58. The fourth-order valence-corrected chi connectivity index (χ4v) is 6.82. The van der Waals surface area contributed by atoms with Gasteiger partial charge in [-0.1, -0.05) is 50.9 Å². The Labute approximate surface area is 299 Å². The van der Waals surface area contributed by atoms with Crippen molar-refractivity contribution in [2.24, 2.45) is 10.6 Å². The highest BCUT2D eigenvalue weighted by atomic mass is 35.5. The van der Waals surface area contributed by atoms with Crippen LogP contribution in [0.5, 0.6) is 5.75 Å². The van der Waals surface area contributed by atoms with E-state index in [1.165, 1.54) is 12.0 Å². The number of halogens is 1. The number of hydrogen-bond acceptors (Lipinski definition) is 9. The molecule has 1 aliphatic carbocycles. The molecule has 50 heavy (non-hydrogen) atoms. The zero-order chi connectivity index (χ0) is 37.2. The molecule has 1 spiro atoms. The van der Waals surface area contributed by atoms with Crippen LogP contribution in [0.3, 0.4) is 0 Å². The number of likely N-dealkylation sites (tertiary alicyclic amines) is 1. The zero-order valence-electron chi connectivity index (χ0n) is 30.7. The van der Waals surface area contributed by atoms with Crippen molar-refractivity contribution in [3.05, 3.63) is 28.3 Å². The van der Waals surface area contributed by atoms with Gasteiger partial charge in [-0.25, -0.2) is 4.79 Å². The Hall–Kier alpha value is -3.87. The van der Waals surface area contributed by atoms with Crippen molar-refractivity contribution in [2.75, 3.05) is 13.7 Å². The quantitative estimate of drug-likeness (QED) is 0.280. The second kappa shape index (κ2) is 15.2. The summed E-state index contributed by atoms with van der Waals surface area (Å²) in [5.41, 5.74) is -0.601. The number of ether oxygens (including phenoxy) is 2. The Balaban J connectivity index is 1.64. The molecule has 1 aromatic rings. The van der Waals surface area contributed by atoms with E-state index in [2.05, 4.69) is 21.1 Å². The molecule has 4 amide bonds. The topological polar surface area (TPSA) is 165 Å². The van der Waals surface area contributed by atoms with E-state index in [1.807, 2.05) is 19.9 Å². The fraction of sp³-hybridized carbons (Fsp3) is 0.667. The van der Waals surface area contributed by atoms with Crippen LogP contribution in [0.25, 0.3) is 0 Å². The number of nitrogens with zero attached hydrogens (tertiary/aromatic N) is 2. The number of amides is 4. The summed E-state index contributed by atoms with van der Waals surface area (Å²) in [6.07, 6.45) is 2.89. The van der Waals surface area contributed by atoms with Crippen LogP contribution in [-0.4, -0.2) is 89.2 Å². The van der Waals surface area contributed by atoms with Crippen molar-refractivity contribution >= 4 is 46.9 Å². The number of Topliss-reactive ketones (excluding diaryl/α,β-unsaturated/α-hetero) is 1. The Morgan fingerprint density at radius 1 is 1.10 bits per heavy atom. The molecule has 276 valence electrons. The molecule has 0 unspecified atom stereocenters. The number of carbonyl (C=O) groups is 5. The molecule has 0 radical (unpaired) electrons. The molecule has 0 bridgehead atoms. The van der Waals surface area contributed by atoms with Crippen molar-refractivity contribution in [1.29, 1.82) is 0 Å². The molecular formula is C36H52ClN5O8. The predicted molar refractivity (Wildman–Crippen MR) is 188 cm³/mol. The Kier molecular flexibility index (Phi) is 11.8. The third-order valence-electron chi connectivity index (χ3n) is 9.24. The molecule has 1 aromatic carbocycles. The second-order valence-corrected chi connectivity index (χ2v) is 16.2. The van der Waals surface area contributed by atoms with Gasteiger partial charge >= 0.3 is 6.09 Å². The highest BCUT2D eigenvalue weighted by Crippen LogP contribution is 2.41. The fourth-order valence-electron chi connectivity index (χ4n) is 6.47. The Morgan fingerprint density at radius 2 is 1.78 bits per heavy atom. The maximum atomic E-state index is 14.5. The highest BCUT2D eigenvalue weighted by molar-refractivity contribution is 6.38. The van der Waals surface area contributed by atoms with Crippen molar-refractivity contribution in [3.63, 3.8) is 0 Å². The van der Waals surface area contributed by atoms with Crippen LogP contribution in [0, 0.1) is 12.3 Å². The molecule has 13 nitrogen and oxygen atoms in total. The third kappa shape index (κ3) is 9.07.